The van der Waals surface area contributed by atoms with Gasteiger partial charge in [-0.05, 0) is 11.6 Å². The smallest absolute Gasteiger partial charge is 0.320 e. The van der Waals surface area contributed by atoms with E-state index in [0.29, 0.717) is 0 Å². The van der Waals surface area contributed by atoms with E-state index in [2.05, 4.69) is 4.98 Å². The number of aliphatic hydroxyl groups is 1. The van der Waals surface area contributed by atoms with Crippen molar-refractivity contribution in [2.45, 2.75) is 24.5 Å². The first-order chi connectivity index (χ1) is 9.45. The monoisotopic (exact) mass is 273 g/mol. The number of aromatic amines is 1. The van der Waals surface area contributed by atoms with Crippen molar-refractivity contribution in [2.24, 2.45) is 5.73 Å². The molecule has 0 radical (unpaired) electrons. The van der Waals surface area contributed by atoms with Gasteiger partial charge in [-0.15, -0.1) is 0 Å². The molecule has 1 aromatic carbocycles. The van der Waals surface area contributed by atoms with Crippen LogP contribution < -0.4 is 5.73 Å². The molecule has 20 heavy (non-hydrogen) atoms. The standard InChI is InChI=1S/C14H15N3O3/c15-8-14(20,6-11(16)13(18)19)5-9-7-17-12-4-2-1-3-10(9)12/h1-4,7,11,17,20H,5-6,16H2,(H,18,19). The Hall–Kier alpha value is -2.36. The Kier molecular flexibility index (Phi) is 3.74. The summed E-state index contributed by atoms with van der Waals surface area (Å²) in [5.74, 6) is -1.24. The molecule has 0 saturated heterocycles. The number of aliphatic carboxylic acids is 1. The molecule has 5 N–H and O–H groups in total. The molecule has 0 aliphatic rings. The summed E-state index contributed by atoms with van der Waals surface area (Å²) in [6.07, 6.45) is 1.41. The van der Waals surface area contributed by atoms with E-state index in [9.17, 15) is 9.90 Å². The first-order valence-electron chi connectivity index (χ1n) is 6.12. The van der Waals surface area contributed by atoms with Crippen molar-refractivity contribution in [3.05, 3.63) is 36.0 Å². The van der Waals surface area contributed by atoms with E-state index >= 15 is 0 Å². The molecule has 2 rings (SSSR count). The summed E-state index contributed by atoms with van der Waals surface area (Å²) < 4.78 is 0. The van der Waals surface area contributed by atoms with Gasteiger partial charge in [0, 0.05) is 29.9 Å². The number of nitrogens with two attached hydrogens (primary N) is 1. The molecule has 2 unspecified atom stereocenters. The second kappa shape index (κ2) is 5.33. The molecular weight excluding hydrogens is 258 g/mol. The summed E-state index contributed by atoms with van der Waals surface area (Å²) in [4.78, 5) is 13.8. The lowest BCUT2D eigenvalue weighted by Crippen LogP contribution is -2.41. The Bertz CT molecular complexity index is 674. The van der Waals surface area contributed by atoms with Gasteiger partial charge in [-0.2, -0.15) is 5.26 Å². The Morgan fingerprint density at radius 3 is 2.85 bits per heavy atom. The van der Waals surface area contributed by atoms with Gasteiger partial charge in [0.15, 0.2) is 5.60 Å². The van der Waals surface area contributed by atoms with Crippen molar-refractivity contribution in [3.63, 3.8) is 0 Å². The van der Waals surface area contributed by atoms with E-state index in [1.807, 2.05) is 24.3 Å². The van der Waals surface area contributed by atoms with E-state index in [1.165, 1.54) is 0 Å². The van der Waals surface area contributed by atoms with Crippen molar-refractivity contribution in [2.75, 3.05) is 0 Å². The van der Waals surface area contributed by atoms with Crippen LogP contribution in [-0.4, -0.2) is 32.8 Å². The summed E-state index contributed by atoms with van der Waals surface area (Å²) in [6, 6.07) is 7.98. The third-order valence-corrected chi connectivity index (χ3v) is 3.24. The highest BCUT2D eigenvalue weighted by Gasteiger charge is 2.33. The second-order valence-electron chi connectivity index (χ2n) is 4.83. The molecule has 0 saturated carbocycles. The number of aromatic nitrogens is 1. The Morgan fingerprint density at radius 1 is 1.50 bits per heavy atom. The number of para-hydroxylation sites is 1. The van der Waals surface area contributed by atoms with Crippen LogP contribution in [0.2, 0.25) is 0 Å². The summed E-state index contributed by atoms with van der Waals surface area (Å²) in [6.45, 7) is 0. The van der Waals surface area contributed by atoms with Crippen LogP contribution in [0.4, 0.5) is 0 Å². The SMILES string of the molecule is N#CC(O)(Cc1c[nH]c2ccccc12)CC(N)C(=O)O. The lowest BCUT2D eigenvalue weighted by molar-refractivity contribution is -0.139. The van der Waals surface area contributed by atoms with Gasteiger partial charge in [0.2, 0.25) is 0 Å². The maximum atomic E-state index is 10.8. The van der Waals surface area contributed by atoms with Crippen LogP contribution in [0, 0.1) is 11.3 Å². The number of hydrogen-bond acceptors (Lipinski definition) is 4. The van der Waals surface area contributed by atoms with Crippen LogP contribution in [0.5, 0.6) is 0 Å². The average molecular weight is 273 g/mol. The maximum absolute atomic E-state index is 10.8. The highest BCUT2D eigenvalue weighted by Crippen LogP contribution is 2.24. The molecule has 0 aliphatic carbocycles. The predicted octanol–water partition coefficient (Wildman–Crippen LogP) is 0.767. The minimum Gasteiger partial charge on any atom is -0.480 e. The molecule has 104 valence electrons. The van der Waals surface area contributed by atoms with Gasteiger partial charge < -0.3 is 20.9 Å². The fourth-order valence-electron chi connectivity index (χ4n) is 2.20. The molecular formula is C14H15N3O3. The zero-order chi connectivity index (χ0) is 14.8. The molecule has 6 heteroatoms. The number of hydrogen-bond donors (Lipinski definition) is 4. The summed E-state index contributed by atoms with van der Waals surface area (Å²) in [7, 11) is 0. The number of nitriles is 1. The van der Waals surface area contributed by atoms with E-state index < -0.39 is 17.6 Å². The Labute approximate surface area is 115 Å². The number of benzene rings is 1. The predicted molar refractivity (Wildman–Crippen MR) is 72.8 cm³/mol. The number of fused-ring (bicyclic) bond motifs is 1. The zero-order valence-corrected chi connectivity index (χ0v) is 10.7. The highest BCUT2D eigenvalue weighted by atomic mass is 16.4. The van der Waals surface area contributed by atoms with Crippen molar-refractivity contribution in [1.29, 1.82) is 5.26 Å². The van der Waals surface area contributed by atoms with Crippen molar-refractivity contribution in [3.8, 4) is 6.07 Å². The quantitative estimate of drug-likeness (QED) is 0.599. The van der Waals surface area contributed by atoms with E-state index in [0.717, 1.165) is 16.5 Å². The number of rotatable bonds is 5. The normalized spacial score (nSPS) is 15.4. The molecule has 1 aromatic heterocycles. The minimum absolute atomic E-state index is 0.0223. The third-order valence-electron chi connectivity index (χ3n) is 3.24. The van der Waals surface area contributed by atoms with Crippen molar-refractivity contribution >= 4 is 16.9 Å². The summed E-state index contributed by atoms with van der Waals surface area (Å²) in [5.41, 5.74) is 5.24. The van der Waals surface area contributed by atoms with Gasteiger partial charge in [0.25, 0.3) is 0 Å². The van der Waals surface area contributed by atoms with Gasteiger partial charge in [-0.1, -0.05) is 18.2 Å². The first-order valence-corrected chi connectivity index (χ1v) is 6.12. The number of carbonyl (C=O) groups is 1. The fraction of sp³-hybridized carbons (Fsp3) is 0.286. The van der Waals surface area contributed by atoms with Crippen molar-refractivity contribution < 1.29 is 15.0 Å². The summed E-state index contributed by atoms with van der Waals surface area (Å²) in [5, 5.41) is 29.1. The molecule has 0 spiro atoms. The number of nitrogens with zero attached hydrogens (tertiary/aromatic N) is 1. The molecule has 0 amide bonds. The van der Waals surface area contributed by atoms with Gasteiger partial charge in [-0.25, -0.2) is 0 Å². The average Bonchev–Trinajstić information content (AvgIpc) is 2.82. The van der Waals surface area contributed by atoms with Gasteiger partial charge in [0.05, 0.1) is 6.07 Å². The van der Waals surface area contributed by atoms with Crippen LogP contribution in [0.3, 0.4) is 0 Å². The Balaban J connectivity index is 2.26. The molecule has 2 atom stereocenters. The zero-order valence-electron chi connectivity index (χ0n) is 10.7. The number of carboxylic acids is 1. The molecule has 0 aliphatic heterocycles. The number of H-pyrrole nitrogens is 1. The van der Waals surface area contributed by atoms with E-state index in [-0.39, 0.29) is 12.8 Å². The van der Waals surface area contributed by atoms with Crippen LogP contribution in [0.1, 0.15) is 12.0 Å². The van der Waals surface area contributed by atoms with Crippen LogP contribution in [0.25, 0.3) is 10.9 Å². The highest BCUT2D eigenvalue weighted by molar-refractivity contribution is 5.83. The van der Waals surface area contributed by atoms with Gasteiger partial charge in [-0.3, -0.25) is 4.79 Å². The first kappa shape index (κ1) is 14.1. The summed E-state index contributed by atoms with van der Waals surface area (Å²) >= 11 is 0. The number of nitrogens with one attached hydrogen (secondary N) is 1. The number of carboxylic acid groups (broad SMARTS) is 1. The molecule has 6 nitrogen and oxygen atoms in total. The lowest BCUT2D eigenvalue weighted by atomic mass is 9.89. The molecule has 0 bridgehead atoms. The van der Waals surface area contributed by atoms with E-state index in [4.69, 9.17) is 16.1 Å². The fourth-order valence-corrected chi connectivity index (χ4v) is 2.20. The Morgan fingerprint density at radius 2 is 2.20 bits per heavy atom. The largest absolute Gasteiger partial charge is 0.480 e. The third kappa shape index (κ3) is 2.79. The molecule has 0 fully saturated rings. The molecule has 1 heterocycles. The topological polar surface area (TPSA) is 123 Å². The van der Waals surface area contributed by atoms with Crippen molar-refractivity contribution in [1.82, 2.24) is 4.98 Å². The van der Waals surface area contributed by atoms with Crippen LogP contribution >= 0.6 is 0 Å². The van der Waals surface area contributed by atoms with Crippen LogP contribution in [-0.2, 0) is 11.2 Å². The maximum Gasteiger partial charge on any atom is 0.320 e. The second-order valence-corrected chi connectivity index (χ2v) is 4.83. The van der Waals surface area contributed by atoms with Crippen LogP contribution in [0.15, 0.2) is 30.5 Å². The van der Waals surface area contributed by atoms with Gasteiger partial charge >= 0.3 is 5.97 Å². The van der Waals surface area contributed by atoms with Gasteiger partial charge in [0.1, 0.15) is 6.04 Å². The minimum atomic E-state index is -1.80. The van der Waals surface area contributed by atoms with E-state index in [1.54, 1.807) is 12.3 Å². The molecule has 2 aromatic rings. The lowest BCUT2D eigenvalue weighted by Gasteiger charge is -2.21.